The predicted octanol–water partition coefficient (Wildman–Crippen LogP) is 3.43. The van der Waals surface area contributed by atoms with Crippen LogP contribution in [0, 0.1) is 0 Å². The Kier molecular flexibility index (Phi) is 5.10. The molecule has 1 saturated heterocycles. The lowest BCUT2D eigenvalue weighted by atomic mass is 10.0. The van der Waals surface area contributed by atoms with Crippen molar-refractivity contribution in [3.63, 3.8) is 0 Å². The van der Waals surface area contributed by atoms with Gasteiger partial charge >= 0.3 is 0 Å². The molecule has 1 aromatic heterocycles. The molecule has 0 unspecified atom stereocenters. The molecule has 5 heteroatoms. The lowest BCUT2D eigenvalue weighted by Gasteiger charge is -2.32. The van der Waals surface area contributed by atoms with Crippen LogP contribution in [-0.2, 0) is 4.79 Å². The van der Waals surface area contributed by atoms with Crippen molar-refractivity contribution < 1.29 is 4.79 Å². The number of anilines is 1. The fraction of sp³-hybridized carbons (Fsp3) is 0.227. The zero-order chi connectivity index (χ0) is 18.5. The van der Waals surface area contributed by atoms with E-state index in [4.69, 9.17) is 0 Å². The third-order valence-electron chi connectivity index (χ3n) is 4.91. The molecule has 1 fully saturated rings. The molecule has 0 bridgehead atoms. The maximum Gasteiger partial charge on any atom is 0.244 e. The van der Waals surface area contributed by atoms with E-state index in [0.29, 0.717) is 0 Å². The van der Waals surface area contributed by atoms with Gasteiger partial charge in [0.2, 0.25) is 11.9 Å². The number of piperidine rings is 1. The van der Waals surface area contributed by atoms with Crippen molar-refractivity contribution in [2.75, 3.05) is 18.0 Å². The number of nitrogens with zero attached hydrogens (tertiary/aromatic N) is 3. The maximum absolute atomic E-state index is 12.3. The quantitative estimate of drug-likeness (QED) is 0.726. The largest absolute Gasteiger partial charge is 0.350 e. The molecule has 0 saturated carbocycles. The summed E-state index contributed by atoms with van der Waals surface area (Å²) in [5.74, 6) is 0.718. The van der Waals surface area contributed by atoms with Crippen LogP contribution in [0.25, 0.3) is 16.8 Å². The van der Waals surface area contributed by atoms with Gasteiger partial charge in [0.15, 0.2) is 0 Å². The van der Waals surface area contributed by atoms with Crippen LogP contribution in [0.15, 0.2) is 67.0 Å². The van der Waals surface area contributed by atoms with E-state index in [1.807, 2.05) is 36.4 Å². The summed E-state index contributed by atoms with van der Waals surface area (Å²) < 4.78 is 0. The molecule has 0 atom stereocenters. The Labute approximate surface area is 158 Å². The van der Waals surface area contributed by atoms with Crippen LogP contribution in [0.3, 0.4) is 0 Å². The van der Waals surface area contributed by atoms with Gasteiger partial charge in [0.1, 0.15) is 0 Å². The minimum Gasteiger partial charge on any atom is -0.350 e. The molecular weight excluding hydrogens is 336 g/mol. The summed E-state index contributed by atoms with van der Waals surface area (Å²) in [5.41, 5.74) is 1.05. The van der Waals surface area contributed by atoms with Gasteiger partial charge in [0.05, 0.1) is 0 Å². The van der Waals surface area contributed by atoms with E-state index < -0.39 is 0 Å². The Hall–Kier alpha value is -3.21. The average molecular weight is 358 g/mol. The van der Waals surface area contributed by atoms with Gasteiger partial charge in [-0.05, 0) is 41.3 Å². The van der Waals surface area contributed by atoms with E-state index in [9.17, 15) is 4.79 Å². The SMILES string of the molecule is O=C(/C=C/c1cccc2ccccc12)NC1CCN(c2ncccn2)CC1. The fourth-order valence-corrected chi connectivity index (χ4v) is 3.49. The van der Waals surface area contributed by atoms with Gasteiger partial charge in [-0.3, -0.25) is 4.79 Å². The molecular formula is C22H22N4O. The van der Waals surface area contributed by atoms with Crippen molar-refractivity contribution in [3.8, 4) is 0 Å². The van der Waals surface area contributed by atoms with Crippen LogP contribution in [0.4, 0.5) is 5.95 Å². The molecule has 27 heavy (non-hydrogen) atoms. The van der Waals surface area contributed by atoms with E-state index >= 15 is 0 Å². The highest BCUT2D eigenvalue weighted by Crippen LogP contribution is 2.20. The highest BCUT2D eigenvalue weighted by atomic mass is 16.1. The number of hydrogen-bond donors (Lipinski definition) is 1. The second-order valence-corrected chi connectivity index (χ2v) is 6.72. The summed E-state index contributed by atoms with van der Waals surface area (Å²) in [6, 6.07) is 16.3. The molecule has 136 valence electrons. The van der Waals surface area contributed by atoms with Gasteiger partial charge in [0.25, 0.3) is 0 Å². The summed E-state index contributed by atoms with van der Waals surface area (Å²) in [6.07, 6.45) is 8.83. The monoisotopic (exact) mass is 358 g/mol. The zero-order valence-corrected chi connectivity index (χ0v) is 15.1. The summed E-state index contributed by atoms with van der Waals surface area (Å²) >= 11 is 0. The van der Waals surface area contributed by atoms with Crippen molar-refractivity contribution in [2.45, 2.75) is 18.9 Å². The second-order valence-electron chi connectivity index (χ2n) is 6.72. The predicted molar refractivity (Wildman–Crippen MR) is 108 cm³/mol. The average Bonchev–Trinajstić information content (AvgIpc) is 2.73. The van der Waals surface area contributed by atoms with Crippen LogP contribution in [0.5, 0.6) is 0 Å². The number of fused-ring (bicyclic) bond motifs is 1. The summed E-state index contributed by atoms with van der Waals surface area (Å²) in [7, 11) is 0. The standard InChI is InChI=1S/C22H22N4O/c27-21(10-9-18-7-3-6-17-5-1-2-8-20(17)18)25-19-11-15-26(16-12-19)22-23-13-4-14-24-22/h1-10,13-14,19H,11-12,15-16H2,(H,25,27)/b10-9+. The molecule has 3 aromatic rings. The van der Waals surface area contributed by atoms with Crippen LogP contribution >= 0.6 is 0 Å². The van der Waals surface area contributed by atoms with Crippen molar-refractivity contribution in [3.05, 3.63) is 72.6 Å². The molecule has 1 amide bonds. The lowest BCUT2D eigenvalue weighted by molar-refractivity contribution is -0.117. The molecule has 0 aliphatic carbocycles. The second kappa shape index (κ2) is 7.99. The van der Waals surface area contributed by atoms with Gasteiger partial charge in [-0.2, -0.15) is 0 Å². The molecule has 2 heterocycles. The Morgan fingerprint density at radius 3 is 2.56 bits per heavy atom. The number of nitrogens with one attached hydrogen (secondary N) is 1. The van der Waals surface area contributed by atoms with Crippen molar-refractivity contribution in [2.24, 2.45) is 0 Å². The Morgan fingerprint density at radius 2 is 1.74 bits per heavy atom. The molecule has 1 aliphatic heterocycles. The van der Waals surface area contributed by atoms with Crippen molar-refractivity contribution >= 4 is 28.7 Å². The van der Waals surface area contributed by atoms with Gasteiger partial charge < -0.3 is 10.2 Å². The van der Waals surface area contributed by atoms with Gasteiger partial charge in [0, 0.05) is 37.6 Å². The van der Waals surface area contributed by atoms with E-state index in [-0.39, 0.29) is 11.9 Å². The third kappa shape index (κ3) is 4.14. The van der Waals surface area contributed by atoms with Gasteiger partial charge in [-0.15, -0.1) is 0 Å². The summed E-state index contributed by atoms with van der Waals surface area (Å²) in [6.45, 7) is 1.70. The molecule has 0 radical (unpaired) electrons. The van der Waals surface area contributed by atoms with Crippen molar-refractivity contribution in [1.82, 2.24) is 15.3 Å². The minimum absolute atomic E-state index is 0.0441. The number of aromatic nitrogens is 2. The number of carbonyl (C=O) groups is 1. The van der Waals surface area contributed by atoms with E-state index in [2.05, 4.69) is 38.4 Å². The van der Waals surface area contributed by atoms with Crippen LogP contribution < -0.4 is 10.2 Å². The Morgan fingerprint density at radius 1 is 1.00 bits per heavy atom. The highest BCUT2D eigenvalue weighted by molar-refractivity contribution is 5.96. The van der Waals surface area contributed by atoms with Gasteiger partial charge in [-0.25, -0.2) is 9.97 Å². The normalized spacial score (nSPS) is 15.3. The topological polar surface area (TPSA) is 58.1 Å². The van der Waals surface area contributed by atoms with Crippen LogP contribution in [0.2, 0.25) is 0 Å². The van der Waals surface area contributed by atoms with Crippen LogP contribution in [-0.4, -0.2) is 35.0 Å². The number of carbonyl (C=O) groups excluding carboxylic acids is 1. The first kappa shape index (κ1) is 17.2. The summed E-state index contributed by atoms with van der Waals surface area (Å²) in [4.78, 5) is 23.1. The smallest absolute Gasteiger partial charge is 0.244 e. The molecule has 0 spiro atoms. The first-order valence-electron chi connectivity index (χ1n) is 9.28. The van der Waals surface area contributed by atoms with Crippen LogP contribution in [0.1, 0.15) is 18.4 Å². The van der Waals surface area contributed by atoms with Crippen molar-refractivity contribution in [1.29, 1.82) is 0 Å². The minimum atomic E-state index is -0.0441. The molecule has 1 aliphatic rings. The highest BCUT2D eigenvalue weighted by Gasteiger charge is 2.21. The molecule has 1 N–H and O–H groups in total. The molecule has 2 aromatic carbocycles. The van der Waals surface area contributed by atoms with Gasteiger partial charge in [-0.1, -0.05) is 42.5 Å². The molecule has 4 rings (SSSR count). The number of benzene rings is 2. The zero-order valence-electron chi connectivity index (χ0n) is 15.1. The van der Waals surface area contributed by atoms with E-state index in [1.165, 1.54) is 5.39 Å². The Bertz CT molecular complexity index is 941. The Balaban J connectivity index is 1.34. The summed E-state index contributed by atoms with van der Waals surface area (Å²) in [5, 5.41) is 5.45. The lowest BCUT2D eigenvalue weighted by Crippen LogP contribution is -2.44. The molecule has 5 nitrogen and oxygen atoms in total. The number of rotatable bonds is 4. The van der Waals surface area contributed by atoms with E-state index in [0.717, 1.165) is 42.8 Å². The first-order chi connectivity index (χ1) is 13.3. The first-order valence-corrected chi connectivity index (χ1v) is 9.28. The fourth-order valence-electron chi connectivity index (χ4n) is 3.49. The number of amides is 1. The third-order valence-corrected chi connectivity index (χ3v) is 4.91. The maximum atomic E-state index is 12.3. The number of hydrogen-bond acceptors (Lipinski definition) is 4. The van der Waals surface area contributed by atoms with E-state index in [1.54, 1.807) is 18.5 Å².